The highest BCUT2D eigenvalue weighted by Crippen LogP contribution is 2.20. The standard InChI is InChI=1S/C20H33NO6P2/c1-19(2,3)24-14-17(26-28-22)12-21(16-10-8-7-9-11-16)13-18(27-29-23)15-25-20(4,5)6/h7-11,17-18H,12-15H2,1-6H3. The largest absolute Gasteiger partial charge is 0.373 e. The van der Waals surface area contributed by atoms with E-state index in [1.165, 1.54) is 0 Å². The third-order valence-corrected chi connectivity index (χ3v) is 4.53. The summed E-state index contributed by atoms with van der Waals surface area (Å²) in [5, 5.41) is 0. The van der Waals surface area contributed by atoms with E-state index in [0.717, 1.165) is 5.69 Å². The number of anilines is 1. The number of benzene rings is 1. The lowest BCUT2D eigenvalue weighted by atomic mass is 10.2. The Morgan fingerprint density at radius 1 is 0.793 bits per heavy atom. The molecule has 164 valence electrons. The van der Waals surface area contributed by atoms with Crippen molar-refractivity contribution in [1.82, 2.24) is 0 Å². The Kier molecular flexibility index (Phi) is 11.4. The van der Waals surface area contributed by atoms with Crippen LogP contribution >= 0.6 is 17.4 Å². The van der Waals surface area contributed by atoms with Crippen LogP contribution in [0.1, 0.15) is 41.5 Å². The first-order valence-electron chi connectivity index (χ1n) is 9.59. The van der Waals surface area contributed by atoms with Crippen molar-refractivity contribution in [2.45, 2.75) is 65.0 Å². The molecule has 0 aromatic heterocycles. The molecule has 0 spiro atoms. The van der Waals surface area contributed by atoms with Crippen LogP contribution in [0, 0.1) is 0 Å². The molecule has 0 bridgehead atoms. The van der Waals surface area contributed by atoms with Gasteiger partial charge in [-0.2, -0.15) is 0 Å². The highest BCUT2D eigenvalue weighted by molar-refractivity contribution is 7.17. The molecular weight excluding hydrogens is 412 g/mol. The molecule has 1 rings (SSSR count). The summed E-state index contributed by atoms with van der Waals surface area (Å²) in [6.07, 6.45) is -0.856. The summed E-state index contributed by atoms with van der Waals surface area (Å²) in [7, 11) is -0.810. The van der Waals surface area contributed by atoms with E-state index in [1.807, 2.05) is 76.8 Å². The van der Waals surface area contributed by atoms with Crippen molar-refractivity contribution in [3.63, 3.8) is 0 Å². The normalized spacial score (nSPS) is 14.8. The zero-order valence-corrected chi connectivity index (χ0v) is 19.9. The highest BCUT2D eigenvalue weighted by Gasteiger charge is 2.24. The van der Waals surface area contributed by atoms with Crippen LogP contribution in [-0.2, 0) is 27.7 Å². The minimum Gasteiger partial charge on any atom is -0.373 e. The summed E-state index contributed by atoms with van der Waals surface area (Å²) in [5.74, 6) is 0. The second kappa shape index (κ2) is 12.7. The van der Waals surface area contributed by atoms with E-state index in [2.05, 4.69) is 0 Å². The predicted molar refractivity (Wildman–Crippen MR) is 115 cm³/mol. The monoisotopic (exact) mass is 445 g/mol. The van der Waals surface area contributed by atoms with Gasteiger partial charge in [0, 0.05) is 18.8 Å². The summed E-state index contributed by atoms with van der Waals surface area (Å²) in [6.45, 7) is 13.1. The fourth-order valence-corrected chi connectivity index (χ4v) is 2.95. The Hall–Kier alpha value is -0.940. The van der Waals surface area contributed by atoms with E-state index in [4.69, 9.17) is 18.5 Å². The summed E-state index contributed by atoms with van der Waals surface area (Å²) < 4.78 is 44.6. The molecule has 0 amide bonds. The summed E-state index contributed by atoms with van der Waals surface area (Å²) >= 11 is 0. The summed E-state index contributed by atoms with van der Waals surface area (Å²) in [5.41, 5.74) is 0.255. The molecule has 0 heterocycles. The minimum absolute atomic E-state index is 0.284. The number of hydrogen-bond donors (Lipinski definition) is 0. The van der Waals surface area contributed by atoms with Gasteiger partial charge in [0.2, 0.25) is 0 Å². The van der Waals surface area contributed by atoms with Crippen molar-refractivity contribution in [1.29, 1.82) is 0 Å². The topological polar surface area (TPSA) is 74.3 Å². The Balaban J connectivity index is 2.95. The van der Waals surface area contributed by atoms with Gasteiger partial charge < -0.3 is 14.4 Å². The SMILES string of the molecule is CC(C)(C)OCC(CN(CC(COC(C)(C)C)OP=O)c1ccccc1)OP=O. The lowest BCUT2D eigenvalue weighted by Gasteiger charge is -2.32. The maximum absolute atomic E-state index is 11.1. The molecule has 0 aliphatic rings. The maximum atomic E-state index is 11.1. The number of para-hydroxylation sites is 1. The number of ether oxygens (including phenoxy) is 2. The zero-order valence-electron chi connectivity index (χ0n) is 18.2. The summed E-state index contributed by atoms with van der Waals surface area (Å²) in [6, 6.07) is 9.73. The van der Waals surface area contributed by atoms with Gasteiger partial charge in [-0.25, -0.2) is 9.13 Å². The summed E-state index contributed by atoms with van der Waals surface area (Å²) in [4.78, 5) is 2.03. The first kappa shape index (κ1) is 26.1. The molecular formula is C20H33NO6P2. The molecule has 29 heavy (non-hydrogen) atoms. The van der Waals surface area contributed by atoms with Crippen molar-refractivity contribution in [2.75, 3.05) is 31.2 Å². The number of hydrogen-bond acceptors (Lipinski definition) is 7. The van der Waals surface area contributed by atoms with Crippen molar-refractivity contribution in [2.24, 2.45) is 0 Å². The van der Waals surface area contributed by atoms with Gasteiger partial charge in [-0.15, -0.1) is 0 Å². The fraction of sp³-hybridized carbons (Fsp3) is 0.700. The van der Waals surface area contributed by atoms with Crippen LogP contribution < -0.4 is 4.90 Å². The predicted octanol–water partition coefficient (Wildman–Crippen LogP) is 5.31. The van der Waals surface area contributed by atoms with E-state index >= 15 is 0 Å². The van der Waals surface area contributed by atoms with E-state index in [-0.39, 0.29) is 24.4 Å². The van der Waals surface area contributed by atoms with Gasteiger partial charge in [0.25, 0.3) is 0 Å². The van der Waals surface area contributed by atoms with E-state index in [1.54, 1.807) is 0 Å². The van der Waals surface area contributed by atoms with Crippen molar-refractivity contribution < 1.29 is 27.7 Å². The Morgan fingerprint density at radius 2 is 1.21 bits per heavy atom. The third-order valence-electron chi connectivity index (χ3n) is 3.76. The van der Waals surface area contributed by atoms with Crippen molar-refractivity contribution in [3.8, 4) is 0 Å². The van der Waals surface area contributed by atoms with Gasteiger partial charge in [0.05, 0.1) is 24.4 Å². The van der Waals surface area contributed by atoms with Gasteiger partial charge in [-0.1, -0.05) is 18.2 Å². The van der Waals surface area contributed by atoms with E-state index in [0.29, 0.717) is 13.1 Å². The average Bonchev–Trinajstić information content (AvgIpc) is 2.63. The molecule has 0 radical (unpaired) electrons. The van der Waals surface area contributed by atoms with Gasteiger partial charge in [-0.3, -0.25) is 9.05 Å². The molecule has 2 unspecified atom stereocenters. The van der Waals surface area contributed by atoms with Crippen LogP contribution in [0.2, 0.25) is 0 Å². The first-order chi connectivity index (χ1) is 13.5. The van der Waals surface area contributed by atoms with E-state index in [9.17, 15) is 9.13 Å². The third kappa shape index (κ3) is 12.4. The molecule has 9 heteroatoms. The Bertz CT molecular complexity index is 569. The minimum atomic E-state index is -0.428. The van der Waals surface area contributed by atoms with E-state index < -0.39 is 29.6 Å². The Labute approximate surface area is 177 Å². The zero-order chi connectivity index (χ0) is 21.9. The smallest absolute Gasteiger partial charge is 0.327 e. The molecule has 0 saturated heterocycles. The quantitative estimate of drug-likeness (QED) is 0.381. The van der Waals surface area contributed by atoms with Crippen molar-refractivity contribution in [3.05, 3.63) is 30.3 Å². The molecule has 2 atom stereocenters. The molecule has 1 aromatic carbocycles. The molecule has 0 N–H and O–H groups in total. The van der Waals surface area contributed by atoms with Gasteiger partial charge in [0.1, 0.15) is 12.2 Å². The van der Waals surface area contributed by atoms with Crippen LogP contribution in [0.4, 0.5) is 5.69 Å². The lowest BCUT2D eigenvalue weighted by Crippen LogP contribution is -2.43. The van der Waals surface area contributed by atoms with Crippen LogP contribution in [-0.4, -0.2) is 49.7 Å². The van der Waals surface area contributed by atoms with Gasteiger partial charge in [0.15, 0.2) is 0 Å². The first-order valence-corrected chi connectivity index (χ1v) is 11.0. The molecule has 0 saturated carbocycles. The number of nitrogens with zero attached hydrogens (tertiary/aromatic N) is 1. The Morgan fingerprint density at radius 3 is 1.55 bits per heavy atom. The van der Waals surface area contributed by atoms with Crippen LogP contribution in [0.15, 0.2) is 30.3 Å². The van der Waals surface area contributed by atoms with Crippen LogP contribution in [0.5, 0.6) is 0 Å². The second-order valence-corrected chi connectivity index (χ2v) is 9.41. The van der Waals surface area contributed by atoms with Crippen LogP contribution in [0.3, 0.4) is 0 Å². The molecule has 0 aliphatic carbocycles. The van der Waals surface area contributed by atoms with Crippen LogP contribution in [0.25, 0.3) is 0 Å². The average molecular weight is 445 g/mol. The highest BCUT2D eigenvalue weighted by atomic mass is 31.1. The lowest BCUT2D eigenvalue weighted by molar-refractivity contribution is -0.0419. The number of rotatable bonds is 13. The molecule has 1 aromatic rings. The molecule has 7 nitrogen and oxygen atoms in total. The van der Waals surface area contributed by atoms with Crippen molar-refractivity contribution >= 4 is 23.1 Å². The second-order valence-electron chi connectivity index (χ2n) is 8.69. The van der Waals surface area contributed by atoms with Gasteiger partial charge in [-0.05, 0) is 53.7 Å². The molecule has 0 fully saturated rings. The fourth-order valence-electron chi connectivity index (χ4n) is 2.46. The van der Waals surface area contributed by atoms with Gasteiger partial charge >= 0.3 is 17.4 Å². The maximum Gasteiger partial charge on any atom is 0.327 e. The molecule has 0 aliphatic heterocycles.